The number of benzene rings is 6. The minimum Gasteiger partial charge on any atom is -0.308 e. The van der Waals surface area contributed by atoms with Gasteiger partial charge in [0.05, 0.1) is 33.5 Å². The van der Waals surface area contributed by atoms with Crippen molar-refractivity contribution in [1.29, 1.82) is 0 Å². The Kier molecular flexibility index (Phi) is 6.33. The van der Waals surface area contributed by atoms with Gasteiger partial charge >= 0.3 is 0 Å². The molecule has 9 rings (SSSR count). The first-order valence-corrected chi connectivity index (χ1v) is 15.7. The number of nitrogens with zero attached hydrogens (tertiary/aromatic N) is 4. The van der Waals surface area contributed by atoms with Crippen LogP contribution in [0.3, 0.4) is 0 Å². The van der Waals surface area contributed by atoms with Crippen LogP contribution in [0.2, 0.25) is 0 Å². The highest BCUT2D eigenvalue weighted by atomic mass is 16.2. The summed E-state index contributed by atoms with van der Waals surface area (Å²) < 4.78 is 2.10. The molecule has 1 aliphatic rings. The smallest absolute Gasteiger partial charge is 0.268 e. The van der Waals surface area contributed by atoms with E-state index in [1.54, 1.807) is 18.5 Å². The minimum atomic E-state index is -0.352. The number of anilines is 1. The molecule has 1 aliphatic heterocycles. The van der Waals surface area contributed by atoms with E-state index in [9.17, 15) is 9.59 Å². The number of fused-ring (bicyclic) bond motifs is 4. The quantitative estimate of drug-likeness (QED) is 0.180. The molecule has 0 saturated heterocycles. The first-order valence-electron chi connectivity index (χ1n) is 15.7. The third-order valence-electron chi connectivity index (χ3n) is 9.13. The number of carbonyl (C=O) groups is 2. The number of amides is 2. The van der Waals surface area contributed by atoms with Crippen LogP contribution in [-0.4, -0.2) is 26.3 Å². The number of aromatic nitrogens is 3. The van der Waals surface area contributed by atoms with E-state index in [1.165, 1.54) is 11.2 Å². The molecular formula is C42H26N4O2. The molecule has 0 N–H and O–H groups in total. The molecule has 0 spiro atoms. The van der Waals surface area contributed by atoms with Crippen molar-refractivity contribution in [1.82, 2.24) is 14.5 Å². The Labute approximate surface area is 276 Å². The minimum absolute atomic E-state index is 0.343. The fourth-order valence-corrected chi connectivity index (χ4v) is 7.00. The van der Waals surface area contributed by atoms with Crippen molar-refractivity contribution in [3.05, 3.63) is 169 Å². The first kappa shape index (κ1) is 27.6. The Morgan fingerprint density at radius 1 is 0.458 bits per heavy atom. The molecule has 0 saturated carbocycles. The van der Waals surface area contributed by atoms with E-state index in [0.29, 0.717) is 22.5 Å². The van der Waals surface area contributed by atoms with Gasteiger partial charge in [-0.05, 0) is 47.0 Å². The van der Waals surface area contributed by atoms with Gasteiger partial charge in [0.1, 0.15) is 6.33 Å². The summed E-state index contributed by atoms with van der Waals surface area (Å²) in [5.74, 6) is -0.695. The number of hydrogen-bond acceptors (Lipinski definition) is 4. The van der Waals surface area contributed by atoms with Crippen LogP contribution in [0, 0.1) is 0 Å². The summed E-state index contributed by atoms with van der Waals surface area (Å²) in [4.78, 5) is 39.2. The molecule has 0 aliphatic carbocycles. The Morgan fingerprint density at radius 2 is 1.06 bits per heavy atom. The van der Waals surface area contributed by atoms with E-state index in [1.807, 2.05) is 109 Å². The summed E-state index contributed by atoms with van der Waals surface area (Å²) in [6.45, 7) is 0. The zero-order valence-electron chi connectivity index (χ0n) is 25.6. The summed E-state index contributed by atoms with van der Waals surface area (Å²) in [6.07, 6.45) is 5.12. The van der Waals surface area contributed by atoms with Crippen LogP contribution in [0.4, 0.5) is 5.69 Å². The normalized spacial score (nSPS) is 12.6. The van der Waals surface area contributed by atoms with Gasteiger partial charge in [-0.15, -0.1) is 0 Å². The van der Waals surface area contributed by atoms with E-state index < -0.39 is 0 Å². The second-order valence-corrected chi connectivity index (χ2v) is 11.8. The third-order valence-corrected chi connectivity index (χ3v) is 9.13. The number of rotatable bonds is 5. The molecule has 2 aromatic heterocycles. The number of para-hydroxylation sites is 2. The van der Waals surface area contributed by atoms with Gasteiger partial charge in [0.15, 0.2) is 0 Å². The van der Waals surface area contributed by atoms with Crippen molar-refractivity contribution < 1.29 is 9.59 Å². The maximum Gasteiger partial charge on any atom is 0.268 e. The highest BCUT2D eigenvalue weighted by molar-refractivity contribution is 6.37. The van der Waals surface area contributed by atoms with Gasteiger partial charge in [-0.25, -0.2) is 14.9 Å². The lowest BCUT2D eigenvalue weighted by atomic mass is 9.95. The Hall–Kier alpha value is -6.66. The zero-order chi connectivity index (χ0) is 32.2. The zero-order valence-corrected chi connectivity index (χ0v) is 25.6. The van der Waals surface area contributed by atoms with E-state index in [0.717, 1.165) is 55.2 Å². The average Bonchev–Trinajstić information content (AvgIpc) is 3.62. The fourth-order valence-electron chi connectivity index (χ4n) is 7.00. The monoisotopic (exact) mass is 618 g/mol. The van der Waals surface area contributed by atoms with Crippen molar-refractivity contribution in [2.24, 2.45) is 0 Å². The molecule has 8 aromatic rings. The third kappa shape index (κ3) is 4.20. The summed E-state index contributed by atoms with van der Waals surface area (Å²) in [7, 11) is 0. The van der Waals surface area contributed by atoms with E-state index >= 15 is 0 Å². The largest absolute Gasteiger partial charge is 0.308 e. The predicted octanol–water partition coefficient (Wildman–Crippen LogP) is 9.38. The lowest BCUT2D eigenvalue weighted by Gasteiger charge is -2.23. The number of imide groups is 1. The van der Waals surface area contributed by atoms with Gasteiger partial charge in [-0.2, -0.15) is 0 Å². The summed E-state index contributed by atoms with van der Waals surface area (Å²) >= 11 is 0. The van der Waals surface area contributed by atoms with E-state index in [2.05, 4.69) is 38.8 Å². The number of carbonyl (C=O) groups excluding carboxylic acids is 2. The molecular weight excluding hydrogens is 592 g/mol. The Balaban J connectivity index is 1.27. The molecule has 0 unspecified atom stereocenters. The molecule has 3 heterocycles. The lowest BCUT2D eigenvalue weighted by Crippen LogP contribution is -2.30. The first-order chi connectivity index (χ1) is 23.7. The van der Waals surface area contributed by atoms with Crippen LogP contribution in [0.25, 0.3) is 60.9 Å². The standard InChI is InChI=1S/C42H26N4O2/c47-41-34-18-10-20-38(45-36-19-8-7-15-33(36)35-23-29(21-22-37(35)45)30-24-43-26-44-25-30)39(34)42(48)46(41)40-31(27-11-3-1-4-12-27)16-9-17-32(40)28-13-5-2-6-14-28/h1-26H. The SMILES string of the molecule is O=C1c2cccc(-n3c4ccccc4c4cc(-c5cncnc5)ccc43)c2C(=O)N1c1c(-c2ccccc2)cccc1-c1ccccc1. The average molecular weight is 619 g/mol. The van der Waals surface area contributed by atoms with Crippen molar-refractivity contribution in [3.8, 4) is 39.1 Å². The Morgan fingerprint density at radius 3 is 1.77 bits per heavy atom. The van der Waals surface area contributed by atoms with Gasteiger partial charge in [0.2, 0.25) is 0 Å². The molecule has 6 heteroatoms. The molecule has 2 amide bonds. The van der Waals surface area contributed by atoms with Crippen LogP contribution < -0.4 is 4.90 Å². The summed E-state index contributed by atoms with van der Waals surface area (Å²) in [5.41, 5.74) is 9.23. The molecule has 6 aromatic carbocycles. The molecule has 0 radical (unpaired) electrons. The second-order valence-electron chi connectivity index (χ2n) is 11.8. The van der Waals surface area contributed by atoms with Crippen molar-refractivity contribution >= 4 is 39.3 Å². The van der Waals surface area contributed by atoms with Crippen LogP contribution in [0.1, 0.15) is 20.7 Å². The Bertz CT molecular complexity index is 2480. The van der Waals surface area contributed by atoms with Crippen molar-refractivity contribution in [2.75, 3.05) is 4.90 Å². The van der Waals surface area contributed by atoms with E-state index in [4.69, 9.17) is 0 Å². The van der Waals surface area contributed by atoms with Crippen LogP contribution in [0.15, 0.2) is 158 Å². The highest BCUT2D eigenvalue weighted by Crippen LogP contribution is 2.45. The van der Waals surface area contributed by atoms with Crippen molar-refractivity contribution in [2.45, 2.75) is 0 Å². The van der Waals surface area contributed by atoms with Crippen molar-refractivity contribution in [3.63, 3.8) is 0 Å². The molecule has 226 valence electrons. The molecule has 0 bridgehead atoms. The van der Waals surface area contributed by atoms with Gasteiger partial charge < -0.3 is 4.57 Å². The van der Waals surface area contributed by atoms with Gasteiger partial charge in [-0.1, -0.05) is 109 Å². The summed E-state index contributed by atoms with van der Waals surface area (Å²) in [5, 5.41) is 2.07. The highest BCUT2D eigenvalue weighted by Gasteiger charge is 2.41. The van der Waals surface area contributed by atoms with E-state index in [-0.39, 0.29) is 11.8 Å². The maximum atomic E-state index is 14.9. The molecule has 6 nitrogen and oxygen atoms in total. The molecule has 0 atom stereocenters. The van der Waals surface area contributed by atoms with Gasteiger partial charge in [-0.3, -0.25) is 9.59 Å². The lowest BCUT2D eigenvalue weighted by molar-refractivity contribution is 0.0926. The molecule has 48 heavy (non-hydrogen) atoms. The summed E-state index contributed by atoms with van der Waals surface area (Å²) in [6, 6.07) is 45.7. The van der Waals surface area contributed by atoms with Gasteiger partial charge in [0, 0.05) is 39.9 Å². The van der Waals surface area contributed by atoms with Gasteiger partial charge in [0.25, 0.3) is 11.8 Å². The van der Waals surface area contributed by atoms with Crippen LogP contribution >= 0.6 is 0 Å². The predicted molar refractivity (Wildman–Crippen MR) is 190 cm³/mol. The number of hydrogen-bond donors (Lipinski definition) is 0. The van der Waals surface area contributed by atoms with Crippen LogP contribution in [-0.2, 0) is 0 Å². The fraction of sp³-hybridized carbons (Fsp3) is 0. The second kappa shape index (κ2) is 11.0. The van der Waals surface area contributed by atoms with Crippen LogP contribution in [0.5, 0.6) is 0 Å². The maximum absolute atomic E-state index is 14.9. The topological polar surface area (TPSA) is 68.1 Å². The molecule has 0 fully saturated rings.